The van der Waals surface area contributed by atoms with Crippen LogP contribution >= 0.6 is 12.6 Å². The summed E-state index contributed by atoms with van der Waals surface area (Å²) >= 11 is 4.12. The van der Waals surface area contributed by atoms with Crippen molar-refractivity contribution in [3.05, 3.63) is 29.8 Å². The molecule has 1 N–H and O–H groups in total. The molecule has 0 atom stereocenters. The van der Waals surface area contributed by atoms with Gasteiger partial charge in [-0.05, 0) is 11.6 Å². The van der Waals surface area contributed by atoms with Crippen LogP contribution in [0.4, 0.5) is 0 Å². The number of benzene rings is 1. The van der Waals surface area contributed by atoms with Crippen molar-refractivity contribution in [3.63, 3.8) is 0 Å². The second kappa shape index (κ2) is 5.22. The Morgan fingerprint density at radius 2 is 1.90 bits per heavy atom. The van der Waals surface area contributed by atoms with Crippen molar-refractivity contribution in [2.75, 3.05) is 0 Å². The molecule has 0 spiro atoms. The fraction of sp³-hybridized carbons (Fsp3) is 0.143. The Labute approximate surface area is 88.2 Å². The average molecular weight is 164 g/mol. The first-order valence-corrected chi connectivity index (χ1v) is 3.17. The van der Waals surface area contributed by atoms with Crippen molar-refractivity contribution in [1.82, 2.24) is 0 Å². The van der Waals surface area contributed by atoms with Gasteiger partial charge in [-0.1, -0.05) is 18.2 Å². The van der Waals surface area contributed by atoms with E-state index in [-0.39, 0.29) is 36.2 Å². The van der Waals surface area contributed by atoms with Gasteiger partial charge in [0.1, 0.15) is 0 Å². The Balaban J connectivity index is 0.000000810. The van der Waals surface area contributed by atoms with Gasteiger partial charge in [0.05, 0.1) is 6.61 Å². The van der Waals surface area contributed by atoms with Gasteiger partial charge in [-0.3, -0.25) is 0 Å². The molecule has 1 aromatic carbocycles. The van der Waals surface area contributed by atoms with Gasteiger partial charge in [0.25, 0.3) is 0 Å². The van der Waals surface area contributed by atoms with Crippen LogP contribution in [0.25, 0.3) is 0 Å². The molecule has 0 heterocycles. The van der Waals surface area contributed by atoms with Gasteiger partial charge >= 0.3 is 29.6 Å². The quantitative estimate of drug-likeness (QED) is 0.465. The zero-order valence-corrected chi connectivity index (χ0v) is 5.81. The molecule has 10 heavy (non-hydrogen) atoms. The van der Waals surface area contributed by atoms with Gasteiger partial charge in [0.2, 0.25) is 0 Å². The van der Waals surface area contributed by atoms with E-state index >= 15 is 0 Å². The molecule has 0 saturated heterocycles. The molecule has 50 valence electrons. The Morgan fingerprint density at radius 3 is 2.30 bits per heavy atom. The molecule has 1 nitrogen and oxygen atoms in total. The SMILES string of the molecule is OCc1ccccc1S.[NaH]. The first-order valence-electron chi connectivity index (χ1n) is 2.72. The molecule has 0 aliphatic carbocycles. The summed E-state index contributed by atoms with van der Waals surface area (Å²) < 4.78 is 0. The Hall–Kier alpha value is 0.530. The maximum absolute atomic E-state index is 8.67. The molecular weight excluding hydrogens is 155 g/mol. The van der Waals surface area contributed by atoms with Crippen LogP contribution in [0.3, 0.4) is 0 Å². The van der Waals surface area contributed by atoms with E-state index in [0.29, 0.717) is 0 Å². The first kappa shape index (κ1) is 10.5. The predicted octanol–water partition coefficient (Wildman–Crippen LogP) is 0.819. The van der Waals surface area contributed by atoms with Crippen molar-refractivity contribution < 1.29 is 5.11 Å². The number of hydrogen-bond donors (Lipinski definition) is 2. The molecule has 0 bridgehead atoms. The van der Waals surface area contributed by atoms with Crippen molar-refractivity contribution in [2.24, 2.45) is 0 Å². The Bertz CT molecular complexity index is 203. The second-order valence-electron chi connectivity index (χ2n) is 1.79. The molecule has 1 aromatic rings. The van der Waals surface area contributed by atoms with E-state index in [1.165, 1.54) is 0 Å². The number of aliphatic hydroxyl groups is 1. The summed E-state index contributed by atoms with van der Waals surface area (Å²) in [4.78, 5) is 0.847. The zero-order chi connectivity index (χ0) is 6.69. The van der Waals surface area contributed by atoms with E-state index < -0.39 is 0 Å². The van der Waals surface area contributed by atoms with Crippen LogP contribution in [0.2, 0.25) is 0 Å². The Kier molecular flexibility index (Phi) is 5.49. The topological polar surface area (TPSA) is 20.2 Å². The molecule has 0 aliphatic rings. The summed E-state index contributed by atoms with van der Waals surface area (Å²) in [5.74, 6) is 0. The number of rotatable bonds is 1. The predicted molar refractivity (Wildman–Crippen MR) is 46.8 cm³/mol. The number of aliphatic hydroxyl groups excluding tert-OH is 1. The monoisotopic (exact) mass is 164 g/mol. The van der Waals surface area contributed by atoms with E-state index in [0.717, 1.165) is 10.5 Å². The molecule has 0 fully saturated rings. The summed E-state index contributed by atoms with van der Waals surface area (Å²) in [6, 6.07) is 7.48. The van der Waals surface area contributed by atoms with Crippen molar-refractivity contribution in [1.29, 1.82) is 0 Å². The third-order valence-electron chi connectivity index (χ3n) is 1.16. The van der Waals surface area contributed by atoms with Gasteiger partial charge in [0, 0.05) is 4.90 Å². The van der Waals surface area contributed by atoms with Crippen LogP contribution in [0.15, 0.2) is 29.2 Å². The van der Waals surface area contributed by atoms with Crippen molar-refractivity contribution in [3.8, 4) is 0 Å². The number of hydrogen-bond acceptors (Lipinski definition) is 2. The van der Waals surface area contributed by atoms with Gasteiger partial charge in [-0.15, -0.1) is 12.6 Å². The third-order valence-corrected chi connectivity index (χ3v) is 1.60. The molecule has 0 aliphatic heterocycles. The van der Waals surface area contributed by atoms with Crippen LogP contribution < -0.4 is 0 Å². The second-order valence-corrected chi connectivity index (χ2v) is 2.27. The average Bonchev–Trinajstić information content (AvgIpc) is 1.89. The van der Waals surface area contributed by atoms with Crippen LogP contribution in [0.1, 0.15) is 5.56 Å². The van der Waals surface area contributed by atoms with Crippen molar-refractivity contribution >= 4 is 42.2 Å². The van der Waals surface area contributed by atoms with Crippen LogP contribution in [-0.2, 0) is 6.61 Å². The molecular formula is C7H9NaOS. The molecule has 0 aromatic heterocycles. The summed E-state index contributed by atoms with van der Waals surface area (Å²) in [5.41, 5.74) is 0.876. The zero-order valence-electron chi connectivity index (χ0n) is 4.91. The van der Waals surface area contributed by atoms with Gasteiger partial charge in [0.15, 0.2) is 0 Å². The molecule has 3 heteroatoms. The van der Waals surface area contributed by atoms with E-state index in [1.54, 1.807) is 0 Å². The van der Waals surface area contributed by atoms with Crippen molar-refractivity contribution in [2.45, 2.75) is 11.5 Å². The first-order chi connectivity index (χ1) is 4.34. The molecule has 0 saturated carbocycles. The standard InChI is InChI=1S/C7H8OS.Na.H/c8-5-6-3-1-2-4-7(6)9;;/h1-4,8-9H,5H2;;. The fourth-order valence-electron chi connectivity index (χ4n) is 0.645. The third kappa shape index (κ3) is 2.64. The van der Waals surface area contributed by atoms with Crippen LogP contribution in [-0.4, -0.2) is 34.7 Å². The van der Waals surface area contributed by atoms with Crippen LogP contribution in [0.5, 0.6) is 0 Å². The van der Waals surface area contributed by atoms with Gasteiger partial charge < -0.3 is 5.11 Å². The van der Waals surface area contributed by atoms with E-state index in [4.69, 9.17) is 5.11 Å². The summed E-state index contributed by atoms with van der Waals surface area (Å²) in [5, 5.41) is 8.67. The maximum atomic E-state index is 8.67. The Morgan fingerprint density at radius 1 is 1.30 bits per heavy atom. The number of thiol groups is 1. The molecule has 0 radical (unpaired) electrons. The molecule has 0 unspecified atom stereocenters. The fourth-order valence-corrected chi connectivity index (χ4v) is 0.876. The summed E-state index contributed by atoms with van der Waals surface area (Å²) in [6.07, 6.45) is 0. The van der Waals surface area contributed by atoms with Gasteiger partial charge in [-0.2, -0.15) is 0 Å². The minimum absolute atomic E-state index is 0. The van der Waals surface area contributed by atoms with Crippen LogP contribution in [0, 0.1) is 0 Å². The normalized spacial score (nSPS) is 8.60. The molecule has 0 amide bonds. The molecule has 1 rings (SSSR count). The summed E-state index contributed by atoms with van der Waals surface area (Å²) in [7, 11) is 0. The van der Waals surface area contributed by atoms with E-state index in [2.05, 4.69) is 12.6 Å². The summed E-state index contributed by atoms with van der Waals surface area (Å²) in [6.45, 7) is 0.0691. The van der Waals surface area contributed by atoms with E-state index in [1.807, 2.05) is 24.3 Å². The van der Waals surface area contributed by atoms with Gasteiger partial charge in [-0.25, -0.2) is 0 Å². The van der Waals surface area contributed by atoms with E-state index in [9.17, 15) is 0 Å². The minimum atomic E-state index is 0.